The number of halogens is 1. The van der Waals surface area contributed by atoms with Crippen molar-refractivity contribution >= 4 is 38.3 Å². The maximum Gasteiger partial charge on any atom is 0.261 e. The molecule has 0 aromatic heterocycles. The molecule has 0 spiro atoms. The van der Waals surface area contributed by atoms with Crippen molar-refractivity contribution in [3.05, 3.63) is 51.1 Å². The molecule has 1 N–H and O–H groups in total. The van der Waals surface area contributed by atoms with Crippen molar-refractivity contribution in [3.63, 3.8) is 0 Å². The molecule has 0 unspecified atom stereocenters. The van der Waals surface area contributed by atoms with E-state index in [2.05, 4.69) is 27.3 Å². The number of hydrogen-bond acceptors (Lipinski definition) is 4. The van der Waals surface area contributed by atoms with Crippen LogP contribution in [0.15, 0.2) is 41.3 Å². The molecule has 2 aromatic carbocycles. The second-order valence-corrected chi connectivity index (χ2v) is 8.26. The highest BCUT2D eigenvalue weighted by atomic mass is 127. The van der Waals surface area contributed by atoms with Gasteiger partial charge in [-0.3, -0.25) is 4.72 Å². The van der Waals surface area contributed by atoms with Gasteiger partial charge in [0.05, 0.1) is 17.2 Å². The van der Waals surface area contributed by atoms with Gasteiger partial charge in [-0.15, -0.1) is 0 Å². The van der Waals surface area contributed by atoms with Crippen molar-refractivity contribution in [2.45, 2.75) is 18.7 Å². The summed E-state index contributed by atoms with van der Waals surface area (Å²) in [6.45, 7) is 4.59. The molecule has 24 heavy (non-hydrogen) atoms. The van der Waals surface area contributed by atoms with Gasteiger partial charge in [0, 0.05) is 10.7 Å². The number of ether oxygens (including phenoxy) is 2. The molecule has 0 bridgehead atoms. The molecule has 5 nitrogen and oxygen atoms in total. The van der Waals surface area contributed by atoms with E-state index in [1.807, 2.05) is 26.0 Å². The average molecular weight is 461 g/mol. The Morgan fingerprint density at radius 2 is 1.79 bits per heavy atom. The van der Waals surface area contributed by atoms with Crippen LogP contribution in [0.2, 0.25) is 0 Å². The van der Waals surface area contributed by atoms with Crippen LogP contribution in [0.3, 0.4) is 0 Å². The molecular weight excluding hydrogens is 441 g/mol. The maximum atomic E-state index is 12.6. The zero-order chi connectivity index (χ0) is 17.7. The maximum absolute atomic E-state index is 12.6. The Kier molecular flexibility index (Phi) is 6.47. The highest BCUT2D eigenvalue weighted by molar-refractivity contribution is 14.1. The first-order chi connectivity index (χ1) is 11.3. The van der Waals surface area contributed by atoms with Crippen LogP contribution in [0.4, 0.5) is 5.69 Å². The van der Waals surface area contributed by atoms with Gasteiger partial charge in [-0.1, -0.05) is 0 Å². The molecule has 0 heterocycles. The summed E-state index contributed by atoms with van der Waals surface area (Å²) >= 11 is 2.19. The molecule has 0 aliphatic carbocycles. The van der Waals surface area contributed by atoms with Gasteiger partial charge in [0.2, 0.25) is 0 Å². The SMILES string of the molecule is COCCOc1ccc(S(=O)(=O)Nc2ccc(I)cc2C)cc1C. The van der Waals surface area contributed by atoms with Crippen molar-refractivity contribution in [1.29, 1.82) is 0 Å². The number of rotatable bonds is 7. The largest absolute Gasteiger partial charge is 0.491 e. The Bertz CT molecular complexity index is 821. The minimum absolute atomic E-state index is 0.206. The Morgan fingerprint density at radius 3 is 2.42 bits per heavy atom. The zero-order valence-corrected chi connectivity index (χ0v) is 16.8. The quantitative estimate of drug-likeness (QED) is 0.504. The summed E-state index contributed by atoms with van der Waals surface area (Å²) in [5, 5.41) is 0. The van der Waals surface area contributed by atoms with Crippen LogP contribution in [0.5, 0.6) is 5.75 Å². The number of aryl methyl sites for hydroxylation is 2. The first-order valence-corrected chi connectivity index (χ1v) is 9.91. The minimum Gasteiger partial charge on any atom is -0.491 e. The normalized spacial score (nSPS) is 11.3. The van der Waals surface area contributed by atoms with E-state index in [1.54, 1.807) is 31.4 Å². The van der Waals surface area contributed by atoms with E-state index < -0.39 is 10.0 Å². The number of benzene rings is 2. The lowest BCUT2D eigenvalue weighted by atomic mass is 10.2. The van der Waals surface area contributed by atoms with Gasteiger partial charge in [0.1, 0.15) is 12.4 Å². The second kappa shape index (κ2) is 8.17. The first kappa shape index (κ1) is 19.0. The van der Waals surface area contributed by atoms with Crippen LogP contribution in [0.1, 0.15) is 11.1 Å². The van der Waals surface area contributed by atoms with E-state index in [4.69, 9.17) is 9.47 Å². The first-order valence-electron chi connectivity index (χ1n) is 7.35. The lowest BCUT2D eigenvalue weighted by Crippen LogP contribution is -2.14. The molecule has 0 atom stereocenters. The van der Waals surface area contributed by atoms with Gasteiger partial charge in [0.25, 0.3) is 10.0 Å². The van der Waals surface area contributed by atoms with E-state index in [9.17, 15) is 8.42 Å². The molecule has 0 aliphatic rings. The van der Waals surface area contributed by atoms with E-state index >= 15 is 0 Å². The number of methoxy groups -OCH3 is 1. The number of sulfonamides is 1. The molecule has 0 radical (unpaired) electrons. The smallest absolute Gasteiger partial charge is 0.261 e. The van der Waals surface area contributed by atoms with Crippen molar-refractivity contribution in [2.75, 3.05) is 25.0 Å². The summed E-state index contributed by atoms with van der Waals surface area (Å²) in [5.41, 5.74) is 2.21. The van der Waals surface area contributed by atoms with Gasteiger partial charge < -0.3 is 9.47 Å². The summed E-state index contributed by atoms with van der Waals surface area (Å²) in [5.74, 6) is 0.649. The number of nitrogens with one attached hydrogen (secondary N) is 1. The van der Waals surface area contributed by atoms with Crippen molar-refractivity contribution in [2.24, 2.45) is 0 Å². The van der Waals surface area contributed by atoms with E-state index in [0.717, 1.165) is 14.7 Å². The molecule has 0 aliphatic heterocycles. The average Bonchev–Trinajstić information content (AvgIpc) is 2.52. The van der Waals surface area contributed by atoms with Crippen molar-refractivity contribution in [1.82, 2.24) is 0 Å². The summed E-state index contributed by atoms with van der Waals surface area (Å²) in [6, 6.07) is 10.4. The molecular formula is C17H20INO4S. The topological polar surface area (TPSA) is 64.6 Å². The van der Waals surface area contributed by atoms with Crippen LogP contribution in [-0.4, -0.2) is 28.7 Å². The van der Waals surface area contributed by atoms with Crippen LogP contribution in [0.25, 0.3) is 0 Å². The highest BCUT2D eigenvalue weighted by Gasteiger charge is 2.16. The van der Waals surface area contributed by atoms with Crippen LogP contribution < -0.4 is 9.46 Å². The molecule has 130 valence electrons. The predicted molar refractivity (Wildman–Crippen MR) is 103 cm³/mol. The predicted octanol–water partition coefficient (Wildman–Crippen LogP) is 3.73. The third kappa shape index (κ3) is 4.84. The monoisotopic (exact) mass is 461 g/mol. The van der Waals surface area contributed by atoms with Crippen LogP contribution in [-0.2, 0) is 14.8 Å². The van der Waals surface area contributed by atoms with Gasteiger partial charge >= 0.3 is 0 Å². The Labute approximate surface area is 156 Å². The van der Waals surface area contributed by atoms with E-state index in [0.29, 0.717) is 24.7 Å². The zero-order valence-electron chi connectivity index (χ0n) is 13.8. The third-order valence-electron chi connectivity index (χ3n) is 3.43. The second-order valence-electron chi connectivity index (χ2n) is 5.33. The van der Waals surface area contributed by atoms with Gasteiger partial charge in [-0.05, 0) is 84.0 Å². The van der Waals surface area contributed by atoms with E-state index in [1.165, 1.54) is 0 Å². The fourth-order valence-electron chi connectivity index (χ4n) is 2.13. The molecule has 0 amide bonds. The molecule has 0 saturated heterocycles. The van der Waals surface area contributed by atoms with Gasteiger partial charge in [-0.2, -0.15) is 0 Å². The van der Waals surface area contributed by atoms with Crippen molar-refractivity contribution in [3.8, 4) is 5.75 Å². The molecule has 2 rings (SSSR count). The Balaban J connectivity index is 2.21. The summed E-state index contributed by atoms with van der Waals surface area (Å²) in [4.78, 5) is 0.206. The molecule has 0 saturated carbocycles. The van der Waals surface area contributed by atoms with Crippen LogP contribution in [0, 0.1) is 17.4 Å². The van der Waals surface area contributed by atoms with Crippen LogP contribution >= 0.6 is 22.6 Å². The standard InChI is InChI=1S/C17H20INO4S/c1-12-10-14(18)4-6-16(12)19-24(20,21)15-5-7-17(13(2)11-15)23-9-8-22-3/h4-7,10-11,19H,8-9H2,1-3H3. The van der Waals surface area contributed by atoms with Gasteiger partial charge in [-0.25, -0.2) is 8.42 Å². The third-order valence-corrected chi connectivity index (χ3v) is 5.47. The molecule has 2 aromatic rings. The lowest BCUT2D eigenvalue weighted by molar-refractivity contribution is 0.146. The molecule has 7 heteroatoms. The fraction of sp³-hybridized carbons (Fsp3) is 0.294. The highest BCUT2D eigenvalue weighted by Crippen LogP contribution is 2.25. The minimum atomic E-state index is -3.65. The number of hydrogen-bond donors (Lipinski definition) is 1. The van der Waals surface area contributed by atoms with Crippen molar-refractivity contribution < 1.29 is 17.9 Å². The Hall–Kier alpha value is -1.32. The lowest BCUT2D eigenvalue weighted by Gasteiger charge is -2.13. The summed E-state index contributed by atoms with van der Waals surface area (Å²) < 4.78 is 39.4. The Morgan fingerprint density at radius 1 is 1.04 bits per heavy atom. The number of anilines is 1. The summed E-state index contributed by atoms with van der Waals surface area (Å²) in [6.07, 6.45) is 0. The fourth-order valence-corrected chi connectivity index (χ4v) is 3.99. The molecule has 0 fully saturated rings. The summed E-state index contributed by atoms with van der Waals surface area (Å²) in [7, 11) is -2.04. The van der Waals surface area contributed by atoms with Gasteiger partial charge in [0.15, 0.2) is 0 Å². The van der Waals surface area contributed by atoms with E-state index in [-0.39, 0.29) is 4.90 Å².